The number of halogens is 3. The Morgan fingerprint density at radius 3 is 2.14 bits per heavy atom. The van der Waals surface area contributed by atoms with E-state index in [-0.39, 0.29) is 17.4 Å². The third-order valence-corrected chi connectivity index (χ3v) is 6.75. The van der Waals surface area contributed by atoms with Gasteiger partial charge in [-0.25, -0.2) is 21.6 Å². The molecule has 1 N–H and O–H groups in total. The van der Waals surface area contributed by atoms with Crippen LogP contribution in [0, 0.1) is 0 Å². The summed E-state index contributed by atoms with van der Waals surface area (Å²) in [5.74, 6) is -2.34. The molecule has 0 saturated heterocycles. The number of benzene rings is 2. The van der Waals surface area contributed by atoms with E-state index in [1.807, 2.05) is 0 Å². The van der Waals surface area contributed by atoms with E-state index in [0.29, 0.717) is 12.1 Å². The zero-order valence-corrected chi connectivity index (χ0v) is 15.7. The molecule has 0 saturated carbocycles. The SMILES string of the molecule is COc1ccccc1CS(=O)(=O)c1cc(C(=O)O)cc(S(=O)(=O)C(F)(F)F)c1. The van der Waals surface area contributed by atoms with Gasteiger partial charge in [-0.3, -0.25) is 0 Å². The molecule has 0 unspecified atom stereocenters. The number of hydrogen-bond donors (Lipinski definition) is 1. The summed E-state index contributed by atoms with van der Waals surface area (Å²) in [6, 6.07) is 7.06. The first-order valence-electron chi connectivity index (χ1n) is 7.34. The third-order valence-electron chi connectivity index (χ3n) is 3.64. The molecule has 0 heterocycles. The van der Waals surface area contributed by atoms with Crippen molar-refractivity contribution >= 4 is 25.6 Å². The van der Waals surface area contributed by atoms with Crippen molar-refractivity contribution in [1.82, 2.24) is 0 Å². The molecule has 0 spiro atoms. The molecule has 0 aliphatic heterocycles. The molecule has 7 nitrogen and oxygen atoms in total. The topological polar surface area (TPSA) is 115 Å². The normalized spacial score (nSPS) is 12.6. The van der Waals surface area contributed by atoms with Gasteiger partial charge in [-0.15, -0.1) is 0 Å². The Hall–Kier alpha value is -2.60. The highest BCUT2D eigenvalue weighted by Gasteiger charge is 2.47. The average molecular weight is 438 g/mol. The number of sulfone groups is 2. The lowest BCUT2D eigenvalue weighted by atomic mass is 10.2. The van der Waals surface area contributed by atoms with Crippen LogP contribution in [0.5, 0.6) is 5.75 Å². The van der Waals surface area contributed by atoms with Crippen molar-refractivity contribution in [3.05, 3.63) is 53.6 Å². The number of carboxylic acid groups (broad SMARTS) is 1. The predicted octanol–water partition coefficient (Wildman–Crippen LogP) is 2.66. The molecule has 2 aromatic carbocycles. The number of alkyl halides is 3. The highest BCUT2D eigenvalue weighted by Crippen LogP contribution is 2.33. The first kappa shape index (κ1) is 21.7. The van der Waals surface area contributed by atoms with Crippen LogP contribution < -0.4 is 4.74 Å². The number of aromatic carboxylic acids is 1. The molecular weight excluding hydrogens is 425 g/mol. The molecule has 28 heavy (non-hydrogen) atoms. The van der Waals surface area contributed by atoms with E-state index in [4.69, 9.17) is 9.84 Å². The smallest absolute Gasteiger partial charge is 0.496 e. The summed E-state index contributed by atoms with van der Waals surface area (Å²) in [5, 5.41) is 9.05. The minimum atomic E-state index is -5.95. The maximum atomic E-state index is 12.8. The van der Waals surface area contributed by atoms with Crippen LogP contribution in [0.25, 0.3) is 0 Å². The second kappa shape index (κ2) is 7.43. The molecule has 0 bridgehead atoms. The lowest BCUT2D eigenvalue weighted by molar-refractivity contribution is -0.0436. The van der Waals surface area contributed by atoms with Crippen LogP contribution in [-0.2, 0) is 25.4 Å². The summed E-state index contributed by atoms with van der Waals surface area (Å²) in [6.45, 7) is 0. The highest BCUT2D eigenvalue weighted by atomic mass is 32.2. The molecule has 0 amide bonds. The summed E-state index contributed by atoms with van der Waals surface area (Å²) in [6.07, 6.45) is 0. The lowest BCUT2D eigenvalue weighted by Crippen LogP contribution is -2.24. The van der Waals surface area contributed by atoms with Gasteiger partial charge in [0.2, 0.25) is 0 Å². The molecule has 0 radical (unpaired) electrons. The summed E-state index contributed by atoms with van der Waals surface area (Å²) in [7, 11) is -9.08. The first-order valence-corrected chi connectivity index (χ1v) is 10.5. The number of rotatable bonds is 6. The van der Waals surface area contributed by atoms with E-state index in [2.05, 4.69) is 0 Å². The summed E-state index contributed by atoms with van der Waals surface area (Å²) >= 11 is 0. The molecular formula is C16H13F3O7S2. The van der Waals surface area contributed by atoms with Crippen LogP contribution in [0.1, 0.15) is 15.9 Å². The van der Waals surface area contributed by atoms with Gasteiger partial charge >= 0.3 is 11.5 Å². The van der Waals surface area contributed by atoms with Crippen LogP contribution in [-0.4, -0.2) is 40.5 Å². The van der Waals surface area contributed by atoms with E-state index in [9.17, 15) is 34.8 Å². The van der Waals surface area contributed by atoms with Crippen LogP contribution in [0.4, 0.5) is 13.2 Å². The van der Waals surface area contributed by atoms with E-state index in [1.54, 1.807) is 6.07 Å². The Labute approximate surface area is 158 Å². The number of methoxy groups -OCH3 is 1. The van der Waals surface area contributed by atoms with Crippen molar-refractivity contribution < 1.29 is 44.6 Å². The molecule has 2 rings (SSSR count). The highest BCUT2D eigenvalue weighted by molar-refractivity contribution is 7.92. The van der Waals surface area contributed by atoms with E-state index >= 15 is 0 Å². The molecule has 12 heteroatoms. The number of carboxylic acids is 1. The van der Waals surface area contributed by atoms with Crippen LogP contribution in [0.15, 0.2) is 52.3 Å². The minimum Gasteiger partial charge on any atom is -0.496 e. The van der Waals surface area contributed by atoms with E-state index in [0.717, 1.165) is 0 Å². The zero-order chi connectivity index (χ0) is 21.3. The van der Waals surface area contributed by atoms with Gasteiger partial charge in [-0.05, 0) is 24.3 Å². The predicted molar refractivity (Wildman–Crippen MR) is 90.5 cm³/mol. The van der Waals surface area contributed by atoms with Crippen molar-refractivity contribution in [3.63, 3.8) is 0 Å². The van der Waals surface area contributed by atoms with Gasteiger partial charge in [-0.2, -0.15) is 13.2 Å². The second-order valence-electron chi connectivity index (χ2n) is 5.52. The minimum absolute atomic E-state index is 0.158. The molecule has 0 aromatic heterocycles. The Morgan fingerprint density at radius 1 is 1.04 bits per heavy atom. The maximum absolute atomic E-state index is 12.8. The van der Waals surface area contributed by atoms with Crippen molar-refractivity contribution in [2.24, 2.45) is 0 Å². The maximum Gasteiger partial charge on any atom is 0.501 e. The number of hydrogen-bond acceptors (Lipinski definition) is 6. The largest absolute Gasteiger partial charge is 0.501 e. The molecule has 0 atom stereocenters. The first-order chi connectivity index (χ1) is 12.8. The van der Waals surface area contributed by atoms with Gasteiger partial charge in [0.1, 0.15) is 5.75 Å². The van der Waals surface area contributed by atoms with Gasteiger partial charge in [0.05, 0.1) is 28.2 Å². The van der Waals surface area contributed by atoms with Gasteiger partial charge in [0.15, 0.2) is 9.84 Å². The zero-order valence-electron chi connectivity index (χ0n) is 14.1. The standard InChI is InChI=1S/C16H13F3O7S2/c1-26-14-5-3-2-4-10(14)9-27(22,23)12-6-11(15(20)21)7-13(8-12)28(24,25)16(17,18)19/h2-8H,9H2,1H3,(H,20,21). The Balaban J connectivity index is 2.66. The van der Waals surface area contributed by atoms with Gasteiger partial charge in [0.25, 0.3) is 9.84 Å². The van der Waals surface area contributed by atoms with Gasteiger partial charge in [0, 0.05) is 5.56 Å². The molecule has 152 valence electrons. The van der Waals surface area contributed by atoms with Crippen LogP contribution in [0.3, 0.4) is 0 Å². The van der Waals surface area contributed by atoms with Crippen molar-refractivity contribution in [3.8, 4) is 5.75 Å². The van der Waals surface area contributed by atoms with Crippen molar-refractivity contribution in [2.45, 2.75) is 21.1 Å². The van der Waals surface area contributed by atoms with Crippen molar-refractivity contribution in [2.75, 3.05) is 7.11 Å². The van der Waals surface area contributed by atoms with Crippen LogP contribution >= 0.6 is 0 Å². The van der Waals surface area contributed by atoms with Gasteiger partial charge < -0.3 is 9.84 Å². The summed E-state index contributed by atoms with van der Waals surface area (Å²) in [5.41, 5.74) is -6.48. The fourth-order valence-electron chi connectivity index (χ4n) is 2.27. The monoisotopic (exact) mass is 438 g/mol. The van der Waals surface area contributed by atoms with E-state index in [1.165, 1.54) is 25.3 Å². The Bertz CT molecular complexity index is 1120. The number of ether oxygens (including phenoxy) is 1. The fourth-order valence-corrected chi connectivity index (χ4v) is 4.61. The lowest BCUT2D eigenvalue weighted by Gasteiger charge is -2.12. The number of carbonyl (C=O) groups is 1. The van der Waals surface area contributed by atoms with Gasteiger partial charge in [-0.1, -0.05) is 18.2 Å². The molecule has 0 fully saturated rings. The molecule has 0 aliphatic rings. The molecule has 2 aromatic rings. The average Bonchev–Trinajstić information content (AvgIpc) is 2.60. The van der Waals surface area contributed by atoms with Crippen molar-refractivity contribution in [1.29, 1.82) is 0 Å². The summed E-state index contributed by atoms with van der Waals surface area (Å²) in [4.78, 5) is 8.83. The van der Waals surface area contributed by atoms with E-state index < -0.39 is 52.3 Å². The molecule has 0 aliphatic carbocycles. The Kier molecular flexibility index (Phi) is 5.76. The fraction of sp³-hybridized carbons (Fsp3) is 0.188. The number of para-hydroxylation sites is 1. The Morgan fingerprint density at radius 2 is 1.61 bits per heavy atom. The quantitative estimate of drug-likeness (QED) is 0.737. The van der Waals surface area contributed by atoms with Crippen LogP contribution in [0.2, 0.25) is 0 Å². The second-order valence-corrected chi connectivity index (χ2v) is 9.45. The third kappa shape index (κ3) is 4.28. The summed E-state index contributed by atoms with van der Waals surface area (Å²) < 4.78 is 92.0.